The van der Waals surface area contributed by atoms with Gasteiger partial charge >= 0.3 is 6.09 Å². The molecule has 0 saturated carbocycles. The Kier molecular flexibility index (Phi) is 8.12. The van der Waals surface area contributed by atoms with Crippen LogP contribution in [0.25, 0.3) is 0 Å². The minimum absolute atomic E-state index is 0.0169. The first-order valence-electron chi connectivity index (χ1n) is 8.25. The van der Waals surface area contributed by atoms with Crippen molar-refractivity contribution in [3.05, 3.63) is 38.9 Å². The van der Waals surface area contributed by atoms with Crippen LogP contribution in [-0.4, -0.2) is 41.2 Å². The van der Waals surface area contributed by atoms with Gasteiger partial charge in [0.05, 0.1) is 4.92 Å². The van der Waals surface area contributed by atoms with E-state index in [2.05, 4.69) is 5.32 Å². The standard InChI is InChI=1S/C17H26ClN3O4/c1-5-20(16(22)25-17(2,3)4)10-6-9-19-12-13-11-14(21(23)24)7-8-15(13)18/h7-8,11,19H,5-6,9-10,12H2,1-4H3. The predicted molar refractivity (Wildman–Crippen MR) is 97.9 cm³/mol. The first-order valence-corrected chi connectivity index (χ1v) is 8.63. The van der Waals surface area contributed by atoms with Crippen molar-refractivity contribution in [3.63, 3.8) is 0 Å². The summed E-state index contributed by atoms with van der Waals surface area (Å²) < 4.78 is 5.35. The molecule has 1 rings (SSSR count). The summed E-state index contributed by atoms with van der Waals surface area (Å²) in [5, 5.41) is 14.5. The van der Waals surface area contributed by atoms with Crippen LogP contribution in [-0.2, 0) is 11.3 Å². The molecule has 0 heterocycles. The molecule has 0 aromatic heterocycles. The van der Waals surface area contributed by atoms with Crippen LogP contribution < -0.4 is 5.32 Å². The molecule has 1 N–H and O–H groups in total. The van der Waals surface area contributed by atoms with Gasteiger partial charge in [-0.2, -0.15) is 0 Å². The molecule has 0 aliphatic rings. The Morgan fingerprint density at radius 3 is 2.64 bits per heavy atom. The minimum Gasteiger partial charge on any atom is -0.444 e. The number of nitrogens with zero attached hydrogens (tertiary/aromatic N) is 2. The number of halogens is 1. The summed E-state index contributed by atoms with van der Waals surface area (Å²) in [5.41, 5.74) is 0.181. The largest absolute Gasteiger partial charge is 0.444 e. The maximum absolute atomic E-state index is 12.0. The van der Waals surface area contributed by atoms with Gasteiger partial charge in [0.2, 0.25) is 0 Å². The first-order chi connectivity index (χ1) is 11.6. The SMILES string of the molecule is CCN(CCCNCc1cc([N+](=O)[O-])ccc1Cl)C(=O)OC(C)(C)C. The molecule has 0 atom stereocenters. The summed E-state index contributed by atoms with van der Waals surface area (Å²) in [6.45, 7) is 9.64. The van der Waals surface area contributed by atoms with E-state index in [-0.39, 0.29) is 11.8 Å². The molecule has 1 aromatic carbocycles. The Hall–Kier alpha value is -1.86. The van der Waals surface area contributed by atoms with Gasteiger partial charge in [0.1, 0.15) is 5.60 Å². The van der Waals surface area contributed by atoms with Crippen LogP contribution in [0.2, 0.25) is 5.02 Å². The number of amides is 1. The Balaban J connectivity index is 2.41. The number of nitro benzene ring substituents is 1. The molecule has 1 aromatic rings. The summed E-state index contributed by atoms with van der Waals surface area (Å²) in [6, 6.07) is 4.37. The lowest BCUT2D eigenvalue weighted by Crippen LogP contribution is -2.38. The molecule has 8 heteroatoms. The minimum atomic E-state index is -0.512. The topological polar surface area (TPSA) is 84.7 Å². The summed E-state index contributed by atoms with van der Waals surface area (Å²) in [4.78, 5) is 24.0. The maximum atomic E-state index is 12.0. The van der Waals surface area contributed by atoms with E-state index in [4.69, 9.17) is 16.3 Å². The number of nitrogens with one attached hydrogen (secondary N) is 1. The van der Waals surface area contributed by atoms with E-state index in [0.29, 0.717) is 36.8 Å². The lowest BCUT2D eigenvalue weighted by molar-refractivity contribution is -0.384. The smallest absolute Gasteiger partial charge is 0.410 e. The molecular weight excluding hydrogens is 346 g/mol. The highest BCUT2D eigenvalue weighted by atomic mass is 35.5. The Morgan fingerprint density at radius 2 is 2.08 bits per heavy atom. The monoisotopic (exact) mass is 371 g/mol. The summed E-state index contributed by atoms with van der Waals surface area (Å²) in [7, 11) is 0. The molecular formula is C17H26ClN3O4. The maximum Gasteiger partial charge on any atom is 0.410 e. The molecule has 0 radical (unpaired) electrons. The normalized spacial score (nSPS) is 11.2. The van der Waals surface area contributed by atoms with Crippen molar-refractivity contribution in [3.8, 4) is 0 Å². The van der Waals surface area contributed by atoms with Crippen LogP contribution in [0, 0.1) is 10.1 Å². The van der Waals surface area contributed by atoms with Crippen LogP contribution in [0.1, 0.15) is 39.7 Å². The van der Waals surface area contributed by atoms with Gasteiger partial charge in [-0.15, -0.1) is 0 Å². The Bertz CT molecular complexity index is 602. The third-order valence-electron chi connectivity index (χ3n) is 3.37. The van der Waals surface area contributed by atoms with E-state index in [1.54, 1.807) is 4.90 Å². The number of non-ortho nitro benzene ring substituents is 1. The van der Waals surface area contributed by atoms with E-state index >= 15 is 0 Å². The third-order valence-corrected chi connectivity index (χ3v) is 3.74. The zero-order valence-corrected chi connectivity index (χ0v) is 15.9. The Morgan fingerprint density at radius 1 is 1.40 bits per heavy atom. The number of benzene rings is 1. The van der Waals surface area contributed by atoms with Crippen molar-refractivity contribution in [1.82, 2.24) is 10.2 Å². The number of nitro groups is 1. The highest BCUT2D eigenvalue weighted by molar-refractivity contribution is 6.31. The molecule has 0 saturated heterocycles. The van der Waals surface area contributed by atoms with Gasteiger partial charge in [-0.25, -0.2) is 4.79 Å². The van der Waals surface area contributed by atoms with E-state index in [1.165, 1.54) is 18.2 Å². The van der Waals surface area contributed by atoms with Gasteiger partial charge in [0.25, 0.3) is 5.69 Å². The second-order valence-corrected chi connectivity index (χ2v) is 7.03. The highest BCUT2D eigenvalue weighted by Crippen LogP contribution is 2.21. The molecule has 7 nitrogen and oxygen atoms in total. The van der Waals surface area contributed by atoms with E-state index in [0.717, 1.165) is 6.42 Å². The van der Waals surface area contributed by atoms with Crippen molar-refractivity contribution in [1.29, 1.82) is 0 Å². The van der Waals surface area contributed by atoms with Crippen molar-refractivity contribution in [2.75, 3.05) is 19.6 Å². The zero-order valence-electron chi connectivity index (χ0n) is 15.2. The average molecular weight is 372 g/mol. The lowest BCUT2D eigenvalue weighted by Gasteiger charge is -2.26. The van der Waals surface area contributed by atoms with E-state index in [1.807, 2.05) is 27.7 Å². The highest BCUT2D eigenvalue weighted by Gasteiger charge is 2.20. The second kappa shape index (κ2) is 9.58. The van der Waals surface area contributed by atoms with Crippen LogP contribution >= 0.6 is 11.6 Å². The van der Waals surface area contributed by atoms with Crippen LogP contribution in [0.4, 0.5) is 10.5 Å². The lowest BCUT2D eigenvalue weighted by atomic mass is 10.2. The van der Waals surface area contributed by atoms with Gasteiger partial charge < -0.3 is 15.0 Å². The first kappa shape index (κ1) is 21.2. The molecule has 25 heavy (non-hydrogen) atoms. The van der Waals surface area contributed by atoms with Gasteiger partial charge in [-0.1, -0.05) is 11.6 Å². The average Bonchev–Trinajstić information content (AvgIpc) is 2.50. The zero-order chi connectivity index (χ0) is 19.0. The molecule has 0 unspecified atom stereocenters. The van der Waals surface area contributed by atoms with Crippen LogP contribution in [0.3, 0.4) is 0 Å². The van der Waals surface area contributed by atoms with Crippen LogP contribution in [0.15, 0.2) is 18.2 Å². The molecule has 0 aliphatic carbocycles. The number of carbonyl (C=O) groups is 1. The molecule has 0 spiro atoms. The van der Waals surface area contributed by atoms with Gasteiger partial charge in [0, 0.05) is 36.8 Å². The van der Waals surface area contributed by atoms with Crippen molar-refractivity contribution in [2.24, 2.45) is 0 Å². The van der Waals surface area contributed by atoms with Crippen molar-refractivity contribution < 1.29 is 14.5 Å². The van der Waals surface area contributed by atoms with E-state index < -0.39 is 10.5 Å². The van der Waals surface area contributed by atoms with Crippen LogP contribution in [0.5, 0.6) is 0 Å². The van der Waals surface area contributed by atoms with Gasteiger partial charge in [0.15, 0.2) is 0 Å². The fourth-order valence-electron chi connectivity index (χ4n) is 2.13. The number of rotatable bonds is 8. The number of carbonyl (C=O) groups excluding carboxylic acids is 1. The Labute approximate surface area is 153 Å². The van der Waals surface area contributed by atoms with Gasteiger partial charge in [-0.05, 0) is 52.3 Å². The van der Waals surface area contributed by atoms with Gasteiger partial charge in [-0.3, -0.25) is 10.1 Å². The fourth-order valence-corrected chi connectivity index (χ4v) is 2.32. The summed E-state index contributed by atoms with van der Waals surface area (Å²) >= 11 is 6.06. The predicted octanol–water partition coefficient (Wildman–Crippen LogP) is 3.98. The van der Waals surface area contributed by atoms with Crippen molar-refractivity contribution in [2.45, 2.75) is 46.3 Å². The molecule has 0 bridgehead atoms. The summed E-state index contributed by atoms with van der Waals surface area (Å²) in [6.07, 6.45) is 0.413. The van der Waals surface area contributed by atoms with E-state index in [9.17, 15) is 14.9 Å². The number of hydrogen-bond acceptors (Lipinski definition) is 5. The molecule has 140 valence electrons. The third kappa shape index (κ3) is 7.70. The number of hydrogen-bond donors (Lipinski definition) is 1. The molecule has 0 aliphatic heterocycles. The molecule has 1 amide bonds. The second-order valence-electron chi connectivity index (χ2n) is 6.62. The summed E-state index contributed by atoms with van der Waals surface area (Å²) in [5.74, 6) is 0. The quantitative estimate of drug-likeness (QED) is 0.424. The van der Waals surface area contributed by atoms with Crippen molar-refractivity contribution >= 4 is 23.4 Å². The fraction of sp³-hybridized carbons (Fsp3) is 0.588. The number of ether oxygens (including phenoxy) is 1. The molecule has 0 fully saturated rings.